The number of H-pyrrole nitrogens is 1. The maximum atomic E-state index is 12.3. The molecule has 3 nitrogen and oxygen atoms in total. The van der Waals surface area contributed by atoms with Crippen LogP contribution in [0.5, 0.6) is 0 Å². The van der Waals surface area contributed by atoms with Gasteiger partial charge in [0.2, 0.25) is 0 Å². The Balaban J connectivity index is 1.54. The van der Waals surface area contributed by atoms with Gasteiger partial charge in [0.15, 0.2) is 0 Å². The van der Waals surface area contributed by atoms with Gasteiger partial charge in [-0.3, -0.25) is 4.79 Å². The van der Waals surface area contributed by atoms with Crippen molar-refractivity contribution in [2.75, 3.05) is 6.54 Å². The standard InChI is InChI=1S/C18H24N2O/c1-13-5-4-6-14(11-13)9-10-19-18(21)16-12-20-17-8-3-2-7-15(16)17/h2-3,7-8,12-14,20H,4-6,9-11H2,1H3,(H,19,21). The van der Waals surface area contributed by atoms with Crippen LogP contribution in [0.1, 0.15) is 49.4 Å². The van der Waals surface area contributed by atoms with Crippen molar-refractivity contribution in [1.29, 1.82) is 0 Å². The van der Waals surface area contributed by atoms with Gasteiger partial charge in [-0.1, -0.05) is 44.4 Å². The highest BCUT2D eigenvalue weighted by molar-refractivity contribution is 6.06. The van der Waals surface area contributed by atoms with E-state index in [0.29, 0.717) is 0 Å². The first-order chi connectivity index (χ1) is 10.2. The third-order valence-corrected chi connectivity index (χ3v) is 4.72. The number of hydrogen-bond donors (Lipinski definition) is 2. The van der Waals surface area contributed by atoms with Crippen molar-refractivity contribution < 1.29 is 4.79 Å². The molecule has 1 heterocycles. The van der Waals surface area contributed by atoms with Crippen molar-refractivity contribution in [3.8, 4) is 0 Å². The number of nitrogens with one attached hydrogen (secondary N) is 2. The third kappa shape index (κ3) is 3.29. The summed E-state index contributed by atoms with van der Waals surface area (Å²) >= 11 is 0. The summed E-state index contributed by atoms with van der Waals surface area (Å²) in [5.74, 6) is 1.68. The van der Waals surface area contributed by atoms with Crippen molar-refractivity contribution >= 4 is 16.8 Å². The number of carbonyl (C=O) groups excluding carboxylic acids is 1. The van der Waals surface area contributed by atoms with Gasteiger partial charge in [0.1, 0.15) is 0 Å². The summed E-state index contributed by atoms with van der Waals surface area (Å²) in [6.45, 7) is 3.13. The van der Waals surface area contributed by atoms with Gasteiger partial charge < -0.3 is 10.3 Å². The molecular weight excluding hydrogens is 260 g/mol. The predicted molar refractivity (Wildman–Crippen MR) is 86.4 cm³/mol. The fraction of sp³-hybridized carbons (Fsp3) is 0.500. The van der Waals surface area contributed by atoms with E-state index in [1.807, 2.05) is 30.5 Å². The van der Waals surface area contributed by atoms with E-state index in [4.69, 9.17) is 0 Å². The van der Waals surface area contributed by atoms with Crippen molar-refractivity contribution in [3.05, 3.63) is 36.0 Å². The lowest BCUT2D eigenvalue weighted by atomic mass is 9.81. The molecule has 2 aromatic rings. The summed E-state index contributed by atoms with van der Waals surface area (Å²) in [5.41, 5.74) is 1.77. The Morgan fingerprint density at radius 1 is 1.33 bits per heavy atom. The number of hydrogen-bond acceptors (Lipinski definition) is 1. The Kier molecular flexibility index (Phi) is 4.28. The second-order valence-corrected chi connectivity index (χ2v) is 6.43. The van der Waals surface area contributed by atoms with Crippen LogP contribution in [-0.2, 0) is 0 Å². The average Bonchev–Trinajstić information content (AvgIpc) is 2.91. The number of aromatic amines is 1. The first kappa shape index (κ1) is 14.2. The summed E-state index contributed by atoms with van der Waals surface area (Å²) in [6.07, 6.45) is 8.29. The maximum absolute atomic E-state index is 12.3. The van der Waals surface area contributed by atoms with Crippen LogP contribution in [0, 0.1) is 11.8 Å². The molecule has 112 valence electrons. The minimum Gasteiger partial charge on any atom is -0.360 e. The van der Waals surface area contributed by atoms with E-state index in [-0.39, 0.29) is 5.91 Å². The van der Waals surface area contributed by atoms with E-state index < -0.39 is 0 Å². The van der Waals surface area contributed by atoms with E-state index in [1.165, 1.54) is 25.7 Å². The van der Waals surface area contributed by atoms with E-state index in [2.05, 4.69) is 17.2 Å². The molecule has 1 saturated carbocycles. The molecule has 0 saturated heterocycles. The van der Waals surface area contributed by atoms with Crippen LogP contribution in [0.4, 0.5) is 0 Å². The van der Waals surface area contributed by atoms with Crippen LogP contribution < -0.4 is 5.32 Å². The molecule has 2 unspecified atom stereocenters. The lowest BCUT2D eigenvalue weighted by Gasteiger charge is -2.26. The Bertz CT molecular complexity index is 616. The molecule has 0 spiro atoms. The molecule has 3 heteroatoms. The minimum atomic E-state index is 0.0382. The molecular formula is C18H24N2O. The highest BCUT2D eigenvalue weighted by Crippen LogP contribution is 2.30. The number of amides is 1. The van der Waals surface area contributed by atoms with Gasteiger partial charge in [-0.15, -0.1) is 0 Å². The fourth-order valence-corrected chi connectivity index (χ4v) is 3.57. The highest BCUT2D eigenvalue weighted by Gasteiger charge is 2.19. The molecule has 0 radical (unpaired) electrons. The number of para-hydroxylation sites is 1. The van der Waals surface area contributed by atoms with Gasteiger partial charge >= 0.3 is 0 Å². The van der Waals surface area contributed by atoms with Gasteiger partial charge in [-0.05, 0) is 30.7 Å². The van der Waals surface area contributed by atoms with Gasteiger partial charge in [-0.2, -0.15) is 0 Å². The molecule has 0 aliphatic heterocycles. The smallest absolute Gasteiger partial charge is 0.253 e. The fourth-order valence-electron chi connectivity index (χ4n) is 3.57. The van der Waals surface area contributed by atoms with Crippen molar-refractivity contribution in [2.45, 2.75) is 39.0 Å². The highest BCUT2D eigenvalue weighted by atomic mass is 16.1. The SMILES string of the molecule is CC1CCCC(CCNC(=O)c2c[nH]c3ccccc23)C1. The van der Waals surface area contributed by atoms with Crippen molar-refractivity contribution in [2.24, 2.45) is 11.8 Å². The number of fused-ring (bicyclic) bond motifs is 1. The van der Waals surface area contributed by atoms with Gasteiger partial charge in [0.05, 0.1) is 5.56 Å². The van der Waals surface area contributed by atoms with Crippen LogP contribution in [0.2, 0.25) is 0 Å². The molecule has 1 aliphatic carbocycles. The Labute approximate surface area is 126 Å². The van der Waals surface area contributed by atoms with E-state index in [1.54, 1.807) is 0 Å². The molecule has 1 aliphatic rings. The van der Waals surface area contributed by atoms with Crippen LogP contribution in [-0.4, -0.2) is 17.4 Å². The number of aromatic nitrogens is 1. The molecule has 1 aromatic heterocycles. The molecule has 2 atom stereocenters. The van der Waals surface area contributed by atoms with Crippen molar-refractivity contribution in [3.63, 3.8) is 0 Å². The normalized spacial score (nSPS) is 22.3. The molecule has 3 rings (SSSR count). The molecule has 2 N–H and O–H groups in total. The Morgan fingerprint density at radius 3 is 3.05 bits per heavy atom. The van der Waals surface area contributed by atoms with E-state index in [0.717, 1.165) is 41.3 Å². The summed E-state index contributed by atoms with van der Waals surface area (Å²) in [5, 5.41) is 4.08. The quantitative estimate of drug-likeness (QED) is 0.871. The first-order valence-electron chi connectivity index (χ1n) is 8.08. The number of benzene rings is 1. The van der Waals surface area contributed by atoms with Crippen LogP contribution in [0.15, 0.2) is 30.5 Å². The molecule has 0 bridgehead atoms. The summed E-state index contributed by atoms with van der Waals surface area (Å²) in [6, 6.07) is 7.93. The molecule has 1 amide bonds. The Morgan fingerprint density at radius 2 is 2.19 bits per heavy atom. The second kappa shape index (κ2) is 6.33. The first-order valence-corrected chi connectivity index (χ1v) is 8.08. The summed E-state index contributed by atoms with van der Waals surface area (Å²) in [7, 11) is 0. The van der Waals surface area contributed by atoms with E-state index >= 15 is 0 Å². The van der Waals surface area contributed by atoms with Crippen LogP contribution in [0.3, 0.4) is 0 Å². The van der Waals surface area contributed by atoms with Crippen molar-refractivity contribution in [1.82, 2.24) is 10.3 Å². The maximum Gasteiger partial charge on any atom is 0.253 e. The van der Waals surface area contributed by atoms with Gasteiger partial charge in [0.25, 0.3) is 5.91 Å². The summed E-state index contributed by atoms with van der Waals surface area (Å²) < 4.78 is 0. The van der Waals surface area contributed by atoms with E-state index in [9.17, 15) is 4.79 Å². The lowest BCUT2D eigenvalue weighted by molar-refractivity contribution is 0.0951. The predicted octanol–water partition coefficient (Wildman–Crippen LogP) is 4.11. The third-order valence-electron chi connectivity index (χ3n) is 4.72. The lowest BCUT2D eigenvalue weighted by Crippen LogP contribution is -2.27. The Hall–Kier alpha value is -1.77. The second-order valence-electron chi connectivity index (χ2n) is 6.43. The monoisotopic (exact) mass is 284 g/mol. The summed E-state index contributed by atoms with van der Waals surface area (Å²) in [4.78, 5) is 15.4. The van der Waals surface area contributed by atoms with Crippen LogP contribution >= 0.6 is 0 Å². The topological polar surface area (TPSA) is 44.9 Å². The number of carbonyl (C=O) groups is 1. The van der Waals surface area contributed by atoms with Gasteiger partial charge in [-0.25, -0.2) is 0 Å². The largest absolute Gasteiger partial charge is 0.360 e. The molecule has 21 heavy (non-hydrogen) atoms. The zero-order valence-corrected chi connectivity index (χ0v) is 12.7. The minimum absolute atomic E-state index is 0.0382. The zero-order chi connectivity index (χ0) is 14.7. The average molecular weight is 284 g/mol. The zero-order valence-electron chi connectivity index (χ0n) is 12.7. The van der Waals surface area contributed by atoms with Gasteiger partial charge in [0, 0.05) is 23.6 Å². The molecule has 1 aromatic carbocycles. The number of rotatable bonds is 4. The van der Waals surface area contributed by atoms with Crippen LogP contribution in [0.25, 0.3) is 10.9 Å². The molecule has 1 fully saturated rings.